The summed E-state index contributed by atoms with van der Waals surface area (Å²) in [5.74, 6) is 0.367. The fraction of sp³-hybridized carbons (Fsp3) is 0.769. The molecule has 0 amide bonds. The summed E-state index contributed by atoms with van der Waals surface area (Å²) in [6.07, 6.45) is 9.08. The lowest BCUT2D eigenvalue weighted by molar-refractivity contribution is -0.144. The molecule has 88 valence electrons. The molecule has 0 saturated carbocycles. The van der Waals surface area contributed by atoms with E-state index in [4.69, 9.17) is 4.74 Å². The van der Waals surface area contributed by atoms with Gasteiger partial charge in [-0.25, -0.2) is 0 Å². The highest BCUT2D eigenvalue weighted by molar-refractivity contribution is 5.69. The lowest BCUT2D eigenvalue weighted by atomic mass is 10.2. The number of hydrogen-bond acceptors (Lipinski definition) is 2. The number of ether oxygens (including phenoxy) is 1. The highest BCUT2D eigenvalue weighted by Crippen LogP contribution is 2.02. The minimum atomic E-state index is -0.0624. The van der Waals surface area contributed by atoms with Crippen molar-refractivity contribution in [3.63, 3.8) is 0 Å². The SMILES string of the molecule is CCC/C=C\CCCC(=O)OCC(C)C. The number of unbranched alkanes of at least 4 members (excludes halogenated alkanes) is 2. The van der Waals surface area contributed by atoms with Gasteiger partial charge in [0.25, 0.3) is 0 Å². The van der Waals surface area contributed by atoms with Gasteiger partial charge in [-0.3, -0.25) is 4.79 Å². The van der Waals surface area contributed by atoms with E-state index in [2.05, 4.69) is 19.1 Å². The van der Waals surface area contributed by atoms with Crippen molar-refractivity contribution < 1.29 is 9.53 Å². The lowest BCUT2D eigenvalue weighted by Crippen LogP contribution is -2.09. The first-order valence-corrected chi connectivity index (χ1v) is 5.97. The molecule has 0 radical (unpaired) electrons. The molecule has 0 saturated heterocycles. The Morgan fingerprint density at radius 2 is 1.93 bits per heavy atom. The van der Waals surface area contributed by atoms with E-state index in [-0.39, 0.29) is 5.97 Å². The maximum Gasteiger partial charge on any atom is 0.305 e. The van der Waals surface area contributed by atoms with Crippen LogP contribution in [0.1, 0.15) is 52.9 Å². The molecule has 0 aromatic rings. The third-order valence-corrected chi connectivity index (χ3v) is 1.95. The summed E-state index contributed by atoms with van der Waals surface area (Å²) >= 11 is 0. The highest BCUT2D eigenvalue weighted by atomic mass is 16.5. The van der Waals surface area contributed by atoms with Crippen LogP contribution in [0.15, 0.2) is 12.2 Å². The Labute approximate surface area is 93.7 Å². The van der Waals surface area contributed by atoms with E-state index in [1.807, 2.05) is 13.8 Å². The summed E-state index contributed by atoms with van der Waals surface area (Å²) in [6.45, 7) is 6.79. The standard InChI is InChI=1S/C13H24O2/c1-4-5-6-7-8-9-10-13(14)15-11-12(2)3/h6-7,12H,4-5,8-11H2,1-3H3/b7-6-. The third-order valence-electron chi connectivity index (χ3n) is 1.95. The van der Waals surface area contributed by atoms with Crippen LogP contribution in [0.3, 0.4) is 0 Å². The zero-order valence-electron chi connectivity index (χ0n) is 10.3. The van der Waals surface area contributed by atoms with Gasteiger partial charge in [0.15, 0.2) is 0 Å². The molecule has 0 aromatic carbocycles. The van der Waals surface area contributed by atoms with Crippen LogP contribution in [0.25, 0.3) is 0 Å². The second kappa shape index (κ2) is 9.75. The Morgan fingerprint density at radius 1 is 1.27 bits per heavy atom. The molecule has 0 heterocycles. The van der Waals surface area contributed by atoms with Crippen LogP contribution in [0.2, 0.25) is 0 Å². The molecule has 0 fully saturated rings. The number of carbonyl (C=O) groups excluding carboxylic acids is 1. The summed E-state index contributed by atoms with van der Waals surface area (Å²) in [6, 6.07) is 0. The molecule has 15 heavy (non-hydrogen) atoms. The lowest BCUT2D eigenvalue weighted by Gasteiger charge is -2.06. The molecule has 0 aromatic heterocycles. The maximum atomic E-state index is 11.2. The smallest absolute Gasteiger partial charge is 0.305 e. The van der Waals surface area contributed by atoms with Gasteiger partial charge in [-0.05, 0) is 25.2 Å². The van der Waals surface area contributed by atoms with Crippen molar-refractivity contribution in [2.75, 3.05) is 6.61 Å². The monoisotopic (exact) mass is 212 g/mol. The second-order valence-electron chi connectivity index (χ2n) is 4.23. The summed E-state index contributed by atoms with van der Waals surface area (Å²) < 4.78 is 5.07. The molecule has 2 heteroatoms. The van der Waals surface area contributed by atoms with Crippen LogP contribution >= 0.6 is 0 Å². The Balaban J connectivity index is 3.31. The molecular formula is C13H24O2. The van der Waals surface area contributed by atoms with Gasteiger partial charge in [-0.15, -0.1) is 0 Å². The Kier molecular flexibility index (Phi) is 9.24. The van der Waals surface area contributed by atoms with Crippen molar-refractivity contribution in [3.05, 3.63) is 12.2 Å². The van der Waals surface area contributed by atoms with Gasteiger partial charge in [-0.2, -0.15) is 0 Å². The average molecular weight is 212 g/mol. The first-order valence-electron chi connectivity index (χ1n) is 5.97. The number of carbonyl (C=O) groups is 1. The fourth-order valence-electron chi connectivity index (χ4n) is 1.10. The van der Waals surface area contributed by atoms with Gasteiger partial charge in [0, 0.05) is 6.42 Å². The zero-order valence-corrected chi connectivity index (χ0v) is 10.3. The molecule has 0 rings (SSSR count). The third kappa shape index (κ3) is 11.1. The predicted octanol–water partition coefficient (Wildman–Crippen LogP) is 3.71. The second-order valence-corrected chi connectivity index (χ2v) is 4.23. The normalized spacial score (nSPS) is 11.2. The molecule has 2 nitrogen and oxygen atoms in total. The average Bonchev–Trinajstić information content (AvgIpc) is 2.20. The maximum absolute atomic E-state index is 11.2. The predicted molar refractivity (Wildman–Crippen MR) is 63.7 cm³/mol. The number of esters is 1. The van der Waals surface area contributed by atoms with E-state index >= 15 is 0 Å². The topological polar surface area (TPSA) is 26.3 Å². The first-order chi connectivity index (χ1) is 7.16. The van der Waals surface area contributed by atoms with Crippen molar-refractivity contribution in [3.8, 4) is 0 Å². The van der Waals surface area contributed by atoms with Gasteiger partial charge >= 0.3 is 5.97 Å². The molecule has 0 aliphatic rings. The molecule has 0 aliphatic heterocycles. The Hall–Kier alpha value is -0.790. The van der Waals surface area contributed by atoms with Crippen LogP contribution in [-0.4, -0.2) is 12.6 Å². The van der Waals surface area contributed by atoms with Crippen molar-refractivity contribution in [1.82, 2.24) is 0 Å². The van der Waals surface area contributed by atoms with E-state index in [0.717, 1.165) is 19.3 Å². The quantitative estimate of drug-likeness (QED) is 0.348. The molecule has 0 atom stereocenters. The Morgan fingerprint density at radius 3 is 2.53 bits per heavy atom. The van der Waals surface area contributed by atoms with Gasteiger partial charge in [0.1, 0.15) is 0 Å². The Bertz CT molecular complexity index is 183. The molecule has 0 unspecified atom stereocenters. The molecule has 0 aliphatic carbocycles. The summed E-state index contributed by atoms with van der Waals surface area (Å²) in [4.78, 5) is 11.2. The first kappa shape index (κ1) is 14.2. The van der Waals surface area contributed by atoms with Gasteiger partial charge < -0.3 is 4.74 Å². The molecular weight excluding hydrogens is 188 g/mol. The number of hydrogen-bond donors (Lipinski definition) is 0. The number of rotatable bonds is 8. The minimum absolute atomic E-state index is 0.0624. The zero-order chi connectivity index (χ0) is 11.5. The molecule has 0 spiro atoms. The van der Waals surface area contributed by atoms with Crippen molar-refractivity contribution in [1.29, 1.82) is 0 Å². The van der Waals surface area contributed by atoms with E-state index in [1.165, 1.54) is 6.42 Å². The molecule has 0 N–H and O–H groups in total. The van der Waals surface area contributed by atoms with Crippen molar-refractivity contribution in [2.45, 2.75) is 52.9 Å². The van der Waals surface area contributed by atoms with Crippen molar-refractivity contribution >= 4 is 5.97 Å². The minimum Gasteiger partial charge on any atom is -0.465 e. The fourth-order valence-corrected chi connectivity index (χ4v) is 1.10. The van der Waals surface area contributed by atoms with Gasteiger partial charge in [0.2, 0.25) is 0 Å². The highest BCUT2D eigenvalue weighted by Gasteiger charge is 2.02. The largest absolute Gasteiger partial charge is 0.465 e. The van der Waals surface area contributed by atoms with Crippen LogP contribution in [-0.2, 0) is 9.53 Å². The summed E-state index contributed by atoms with van der Waals surface area (Å²) in [5, 5.41) is 0. The van der Waals surface area contributed by atoms with Crippen molar-refractivity contribution in [2.24, 2.45) is 5.92 Å². The van der Waals surface area contributed by atoms with Gasteiger partial charge in [0.05, 0.1) is 6.61 Å². The van der Waals surface area contributed by atoms with E-state index in [0.29, 0.717) is 18.9 Å². The summed E-state index contributed by atoms with van der Waals surface area (Å²) in [5.41, 5.74) is 0. The van der Waals surface area contributed by atoms with E-state index in [1.54, 1.807) is 0 Å². The van der Waals surface area contributed by atoms with E-state index < -0.39 is 0 Å². The van der Waals surface area contributed by atoms with Gasteiger partial charge in [-0.1, -0.05) is 39.3 Å². The summed E-state index contributed by atoms with van der Waals surface area (Å²) in [7, 11) is 0. The van der Waals surface area contributed by atoms with Crippen LogP contribution in [0, 0.1) is 5.92 Å². The van der Waals surface area contributed by atoms with Crippen LogP contribution in [0.4, 0.5) is 0 Å². The van der Waals surface area contributed by atoms with Crippen LogP contribution in [0.5, 0.6) is 0 Å². The van der Waals surface area contributed by atoms with Crippen LogP contribution < -0.4 is 0 Å². The number of allylic oxidation sites excluding steroid dienone is 2. The molecule has 0 bridgehead atoms. The van der Waals surface area contributed by atoms with E-state index in [9.17, 15) is 4.79 Å².